The highest BCUT2D eigenvalue weighted by atomic mass is 35.5. The van der Waals surface area contributed by atoms with Gasteiger partial charge in [0.2, 0.25) is 5.91 Å². The van der Waals surface area contributed by atoms with Crippen molar-refractivity contribution < 1.29 is 14.5 Å². The summed E-state index contributed by atoms with van der Waals surface area (Å²) in [5.41, 5.74) is -0.471. The third-order valence-electron chi connectivity index (χ3n) is 2.56. The number of rotatable bonds is 5. The van der Waals surface area contributed by atoms with Crippen molar-refractivity contribution in [2.24, 2.45) is 0 Å². The number of likely N-dealkylation sites (N-methyl/N-ethyl adjacent to an activating group) is 2. The minimum absolute atomic E-state index is 0.0879. The first-order chi connectivity index (χ1) is 9.77. The van der Waals surface area contributed by atoms with Gasteiger partial charge in [-0.15, -0.1) is 0 Å². The van der Waals surface area contributed by atoms with Crippen molar-refractivity contribution in [2.45, 2.75) is 6.92 Å². The molecule has 0 bridgehead atoms. The van der Waals surface area contributed by atoms with E-state index in [-0.39, 0.29) is 33.7 Å². The molecule has 1 aromatic carbocycles. The molecular weight excluding hydrogens is 321 g/mol. The van der Waals surface area contributed by atoms with E-state index in [2.05, 4.69) is 5.32 Å². The molecule has 0 unspecified atom stereocenters. The number of carbonyl (C=O) groups is 2. The fourth-order valence-corrected chi connectivity index (χ4v) is 1.99. The predicted molar refractivity (Wildman–Crippen MR) is 78.8 cm³/mol. The molecule has 0 aromatic heterocycles. The summed E-state index contributed by atoms with van der Waals surface area (Å²) in [5.74, 6) is -0.974. The number of carbonyl (C=O) groups excluding carboxylic acids is 2. The van der Waals surface area contributed by atoms with E-state index in [0.717, 1.165) is 17.0 Å². The molecule has 9 heteroatoms. The van der Waals surface area contributed by atoms with Gasteiger partial charge in [0.15, 0.2) is 0 Å². The van der Waals surface area contributed by atoms with Crippen molar-refractivity contribution in [3.63, 3.8) is 0 Å². The number of non-ortho nitro benzene ring substituents is 1. The lowest BCUT2D eigenvalue weighted by molar-refractivity contribution is -0.384. The van der Waals surface area contributed by atoms with Crippen LogP contribution in [0.5, 0.6) is 0 Å². The van der Waals surface area contributed by atoms with E-state index < -0.39 is 10.8 Å². The maximum Gasteiger partial charge on any atom is 0.271 e. The van der Waals surface area contributed by atoms with Crippen LogP contribution < -0.4 is 5.32 Å². The lowest BCUT2D eigenvalue weighted by Crippen LogP contribution is -2.38. The quantitative estimate of drug-likeness (QED) is 0.659. The average molecular weight is 334 g/mol. The summed E-state index contributed by atoms with van der Waals surface area (Å²) in [4.78, 5) is 34.9. The molecule has 0 aliphatic rings. The van der Waals surface area contributed by atoms with E-state index in [0.29, 0.717) is 6.54 Å². The van der Waals surface area contributed by atoms with Crippen LogP contribution in [-0.2, 0) is 4.79 Å². The van der Waals surface area contributed by atoms with Gasteiger partial charge in [-0.2, -0.15) is 0 Å². The van der Waals surface area contributed by atoms with Gasteiger partial charge in [-0.3, -0.25) is 19.7 Å². The predicted octanol–water partition coefficient (Wildman–Crippen LogP) is 2.11. The van der Waals surface area contributed by atoms with Crippen molar-refractivity contribution in [3.05, 3.63) is 37.9 Å². The molecule has 114 valence electrons. The Morgan fingerprint density at radius 3 is 2.52 bits per heavy atom. The zero-order valence-electron chi connectivity index (χ0n) is 11.4. The van der Waals surface area contributed by atoms with Crippen LogP contribution >= 0.6 is 23.2 Å². The van der Waals surface area contributed by atoms with Crippen molar-refractivity contribution in [3.8, 4) is 0 Å². The SMILES string of the molecule is CCNC(=O)CN(C)C(=O)c1cc([N+](=O)[O-])cc(Cl)c1Cl. The van der Waals surface area contributed by atoms with Crippen LogP contribution in [-0.4, -0.2) is 41.8 Å². The van der Waals surface area contributed by atoms with E-state index in [1.165, 1.54) is 7.05 Å². The Morgan fingerprint density at radius 1 is 1.38 bits per heavy atom. The Labute approximate surface area is 131 Å². The number of halogens is 2. The Hall–Kier alpha value is -1.86. The summed E-state index contributed by atoms with van der Waals surface area (Å²) in [5, 5.41) is 13.1. The second kappa shape index (κ2) is 7.24. The molecule has 7 nitrogen and oxygen atoms in total. The summed E-state index contributed by atoms with van der Waals surface area (Å²) in [6.07, 6.45) is 0. The van der Waals surface area contributed by atoms with Gasteiger partial charge in [0.25, 0.3) is 11.6 Å². The summed E-state index contributed by atoms with van der Waals surface area (Å²) < 4.78 is 0. The van der Waals surface area contributed by atoms with Gasteiger partial charge in [0.05, 0.1) is 27.1 Å². The van der Waals surface area contributed by atoms with Crippen molar-refractivity contribution in [1.29, 1.82) is 0 Å². The van der Waals surface area contributed by atoms with Gasteiger partial charge >= 0.3 is 0 Å². The van der Waals surface area contributed by atoms with E-state index >= 15 is 0 Å². The summed E-state index contributed by atoms with van der Waals surface area (Å²) in [6.45, 7) is 1.99. The number of amides is 2. The van der Waals surface area contributed by atoms with E-state index in [4.69, 9.17) is 23.2 Å². The lowest BCUT2D eigenvalue weighted by atomic mass is 10.1. The molecule has 0 spiro atoms. The van der Waals surface area contributed by atoms with E-state index in [1.807, 2.05) is 0 Å². The zero-order chi connectivity index (χ0) is 16.2. The number of nitro groups is 1. The second-order valence-corrected chi connectivity index (χ2v) is 4.95. The van der Waals surface area contributed by atoms with Crippen LogP contribution in [0, 0.1) is 10.1 Å². The molecule has 0 aliphatic carbocycles. The molecule has 0 heterocycles. The highest BCUT2D eigenvalue weighted by Gasteiger charge is 2.22. The zero-order valence-corrected chi connectivity index (χ0v) is 12.9. The smallest absolute Gasteiger partial charge is 0.271 e. The fourth-order valence-electron chi connectivity index (χ4n) is 1.58. The molecule has 1 rings (SSSR count). The summed E-state index contributed by atoms with van der Waals surface area (Å²) >= 11 is 11.7. The molecule has 0 saturated heterocycles. The summed E-state index contributed by atoms with van der Waals surface area (Å²) in [6, 6.07) is 2.09. The van der Waals surface area contributed by atoms with Crippen LogP contribution in [0.3, 0.4) is 0 Å². The third-order valence-corrected chi connectivity index (χ3v) is 3.36. The van der Waals surface area contributed by atoms with Gasteiger partial charge in [-0.1, -0.05) is 23.2 Å². The van der Waals surface area contributed by atoms with Gasteiger partial charge in [-0.25, -0.2) is 0 Å². The van der Waals surface area contributed by atoms with Gasteiger partial charge < -0.3 is 10.2 Å². The Balaban J connectivity index is 3.06. The molecule has 0 radical (unpaired) electrons. The monoisotopic (exact) mass is 333 g/mol. The number of hydrogen-bond donors (Lipinski definition) is 1. The van der Waals surface area contributed by atoms with Gasteiger partial charge in [0, 0.05) is 25.7 Å². The van der Waals surface area contributed by atoms with Crippen LogP contribution in [0.1, 0.15) is 17.3 Å². The second-order valence-electron chi connectivity index (χ2n) is 4.16. The maximum absolute atomic E-state index is 12.2. The molecule has 0 atom stereocenters. The van der Waals surface area contributed by atoms with Gasteiger partial charge in [-0.05, 0) is 6.92 Å². The minimum Gasteiger partial charge on any atom is -0.355 e. The highest BCUT2D eigenvalue weighted by molar-refractivity contribution is 6.44. The number of nitro benzene ring substituents is 1. The Bertz CT molecular complexity index is 592. The number of hydrogen-bond acceptors (Lipinski definition) is 4. The number of nitrogens with one attached hydrogen (secondary N) is 1. The molecule has 21 heavy (non-hydrogen) atoms. The Kier molecular flexibility index (Phi) is 5.92. The topological polar surface area (TPSA) is 92.6 Å². The molecule has 0 aliphatic heterocycles. The normalized spacial score (nSPS) is 10.1. The van der Waals surface area contributed by atoms with Crippen molar-refractivity contribution >= 4 is 40.7 Å². The van der Waals surface area contributed by atoms with Crippen LogP contribution in [0.4, 0.5) is 5.69 Å². The standard InChI is InChI=1S/C12H13Cl2N3O4/c1-3-15-10(18)6-16(2)12(19)8-4-7(17(20)21)5-9(13)11(8)14/h4-5H,3,6H2,1-2H3,(H,15,18). The fraction of sp³-hybridized carbons (Fsp3) is 0.333. The van der Waals surface area contributed by atoms with Crippen molar-refractivity contribution in [1.82, 2.24) is 10.2 Å². The molecule has 0 fully saturated rings. The maximum atomic E-state index is 12.2. The van der Waals surface area contributed by atoms with Crippen molar-refractivity contribution in [2.75, 3.05) is 20.1 Å². The van der Waals surface area contributed by atoms with Crippen LogP contribution in [0.25, 0.3) is 0 Å². The van der Waals surface area contributed by atoms with Crippen LogP contribution in [0.2, 0.25) is 10.0 Å². The molecule has 0 saturated carbocycles. The lowest BCUT2D eigenvalue weighted by Gasteiger charge is -2.17. The Morgan fingerprint density at radius 2 is 2.00 bits per heavy atom. The third kappa shape index (κ3) is 4.30. The largest absolute Gasteiger partial charge is 0.355 e. The minimum atomic E-state index is -0.678. The van der Waals surface area contributed by atoms with E-state index in [9.17, 15) is 19.7 Å². The number of benzene rings is 1. The average Bonchev–Trinajstić information content (AvgIpc) is 2.40. The van der Waals surface area contributed by atoms with E-state index in [1.54, 1.807) is 6.92 Å². The molecule has 1 N–H and O–H groups in total. The number of nitrogens with zero attached hydrogens (tertiary/aromatic N) is 2. The first-order valence-corrected chi connectivity index (χ1v) is 6.69. The first-order valence-electron chi connectivity index (χ1n) is 5.93. The highest BCUT2D eigenvalue weighted by Crippen LogP contribution is 2.31. The molecule has 2 amide bonds. The molecule has 1 aromatic rings. The first kappa shape index (κ1) is 17.2. The summed E-state index contributed by atoms with van der Waals surface area (Å²) in [7, 11) is 1.39. The molecular formula is C12H13Cl2N3O4. The van der Waals surface area contributed by atoms with Crippen LogP contribution in [0.15, 0.2) is 12.1 Å². The van der Waals surface area contributed by atoms with Gasteiger partial charge in [0.1, 0.15) is 0 Å².